The number of primary amides is 1. The molecule has 5 heterocycles. The van der Waals surface area contributed by atoms with E-state index >= 15 is 0 Å². The van der Waals surface area contributed by atoms with Crippen molar-refractivity contribution in [2.75, 3.05) is 62.7 Å². The molecule has 0 spiro atoms. The van der Waals surface area contributed by atoms with Gasteiger partial charge in [0.1, 0.15) is 0 Å². The minimum Gasteiger partial charge on any atom is -0.377 e. The number of benzene rings is 1. The second-order valence-electron chi connectivity index (χ2n) is 10.5. The van der Waals surface area contributed by atoms with Crippen molar-refractivity contribution < 1.29 is 14.3 Å². The number of piperidine rings is 2. The lowest BCUT2D eigenvalue weighted by atomic mass is 9.90. The van der Waals surface area contributed by atoms with Crippen LogP contribution in [0, 0.1) is 0 Å². The highest BCUT2D eigenvalue weighted by molar-refractivity contribution is 5.96. The average Bonchev–Trinajstić information content (AvgIpc) is 3.29. The maximum atomic E-state index is 13.1. The van der Waals surface area contributed by atoms with E-state index in [9.17, 15) is 9.59 Å². The topological polar surface area (TPSA) is 142 Å². The van der Waals surface area contributed by atoms with E-state index in [1.54, 1.807) is 0 Å². The third kappa shape index (κ3) is 4.97. The fraction of sp³-hybridized carbons (Fsp3) is 0.577. The number of carbonyl (C=O) groups is 2. The lowest BCUT2D eigenvalue weighted by Crippen LogP contribution is -2.53. The van der Waals surface area contributed by atoms with Gasteiger partial charge in [-0.1, -0.05) is 12.1 Å². The molecule has 12 heteroatoms. The molecule has 3 amide bonds. The smallest absolute Gasteiger partial charge is 0.320 e. The first-order valence-corrected chi connectivity index (χ1v) is 13.6. The fourth-order valence-electron chi connectivity index (χ4n) is 5.88. The Morgan fingerprint density at radius 1 is 1.00 bits per heavy atom. The first-order valence-electron chi connectivity index (χ1n) is 13.6. The van der Waals surface area contributed by atoms with E-state index in [0.717, 1.165) is 57.5 Å². The van der Waals surface area contributed by atoms with E-state index in [1.165, 1.54) is 5.56 Å². The number of nitrogens with two attached hydrogens (primary N) is 1. The number of urea groups is 1. The summed E-state index contributed by atoms with van der Waals surface area (Å²) in [6.45, 7) is 6.14. The maximum Gasteiger partial charge on any atom is 0.320 e. The van der Waals surface area contributed by atoms with E-state index in [-0.39, 0.29) is 29.6 Å². The highest BCUT2D eigenvalue weighted by atomic mass is 16.5. The van der Waals surface area contributed by atoms with E-state index in [4.69, 9.17) is 10.5 Å². The number of rotatable bonds is 7. The van der Waals surface area contributed by atoms with Crippen LogP contribution in [0.25, 0.3) is 0 Å². The van der Waals surface area contributed by atoms with Gasteiger partial charge in [-0.3, -0.25) is 4.79 Å². The summed E-state index contributed by atoms with van der Waals surface area (Å²) in [6.07, 6.45) is 4.09. The highest BCUT2D eigenvalue weighted by Gasteiger charge is 2.41. The third-order valence-electron chi connectivity index (χ3n) is 8.15. The van der Waals surface area contributed by atoms with Crippen molar-refractivity contribution in [2.45, 2.75) is 43.7 Å². The SMILES string of the molecule is NC(=O)c1nnc(N2CCCC(N3CCN(C4COC4)C3=O)C2)nc1Nc1ccc(C2CCNCC2)cc1. The second-order valence-corrected chi connectivity index (χ2v) is 10.5. The monoisotopic (exact) mass is 521 g/mol. The molecule has 2 aromatic rings. The van der Waals surface area contributed by atoms with Gasteiger partial charge in [0.2, 0.25) is 5.95 Å². The Balaban J connectivity index is 1.16. The van der Waals surface area contributed by atoms with E-state index in [0.29, 0.717) is 38.2 Å². The van der Waals surface area contributed by atoms with E-state index in [2.05, 4.69) is 37.9 Å². The minimum absolute atomic E-state index is 0.00202. The van der Waals surface area contributed by atoms with Gasteiger partial charge in [0, 0.05) is 31.9 Å². The largest absolute Gasteiger partial charge is 0.377 e. The highest BCUT2D eigenvalue weighted by Crippen LogP contribution is 2.29. The predicted molar refractivity (Wildman–Crippen MR) is 142 cm³/mol. The van der Waals surface area contributed by atoms with Gasteiger partial charge in [0.15, 0.2) is 11.5 Å². The first-order chi connectivity index (χ1) is 18.6. The van der Waals surface area contributed by atoms with Crippen molar-refractivity contribution in [3.63, 3.8) is 0 Å². The van der Waals surface area contributed by atoms with Gasteiger partial charge in [-0.05, 0) is 62.4 Å². The number of hydrogen-bond acceptors (Lipinski definition) is 9. The first kappa shape index (κ1) is 24.8. The molecular weight excluding hydrogens is 486 g/mol. The van der Waals surface area contributed by atoms with Crippen molar-refractivity contribution in [3.05, 3.63) is 35.5 Å². The number of nitrogens with zero attached hydrogens (tertiary/aromatic N) is 6. The number of ether oxygens (including phenoxy) is 1. The van der Waals surface area contributed by atoms with Crippen molar-refractivity contribution in [1.29, 1.82) is 0 Å². The minimum atomic E-state index is -0.690. The van der Waals surface area contributed by atoms with Gasteiger partial charge in [-0.25, -0.2) is 4.79 Å². The summed E-state index contributed by atoms with van der Waals surface area (Å²) < 4.78 is 5.28. The molecule has 4 saturated heterocycles. The molecule has 6 rings (SSSR count). The van der Waals surface area contributed by atoms with Gasteiger partial charge in [-0.15, -0.1) is 10.2 Å². The lowest BCUT2D eigenvalue weighted by Gasteiger charge is -2.38. The van der Waals surface area contributed by atoms with Crippen molar-refractivity contribution >= 4 is 29.4 Å². The summed E-state index contributed by atoms with van der Waals surface area (Å²) in [5.74, 6) is 0.573. The van der Waals surface area contributed by atoms with Crippen molar-refractivity contribution in [3.8, 4) is 0 Å². The van der Waals surface area contributed by atoms with Crippen LogP contribution in [-0.2, 0) is 4.74 Å². The number of carbonyl (C=O) groups excluding carboxylic acids is 2. The molecule has 0 bridgehead atoms. The summed E-state index contributed by atoms with van der Waals surface area (Å²) in [7, 11) is 0. The molecule has 1 aromatic heterocycles. The Labute approximate surface area is 221 Å². The van der Waals surface area contributed by atoms with Crippen molar-refractivity contribution in [2.24, 2.45) is 5.73 Å². The van der Waals surface area contributed by atoms with Crippen LogP contribution >= 0.6 is 0 Å². The maximum absolute atomic E-state index is 13.1. The number of hydrogen-bond donors (Lipinski definition) is 3. The molecule has 4 N–H and O–H groups in total. The average molecular weight is 522 g/mol. The normalized spacial score (nSPS) is 23.0. The molecule has 0 radical (unpaired) electrons. The molecular formula is C26H35N9O3. The number of aromatic nitrogens is 3. The Kier molecular flexibility index (Phi) is 6.98. The van der Waals surface area contributed by atoms with Crippen LogP contribution < -0.4 is 21.3 Å². The molecule has 12 nitrogen and oxygen atoms in total. The van der Waals surface area contributed by atoms with Gasteiger partial charge in [0.05, 0.1) is 25.3 Å². The Morgan fingerprint density at radius 3 is 2.42 bits per heavy atom. The van der Waals surface area contributed by atoms with Crippen LogP contribution in [0.3, 0.4) is 0 Å². The van der Waals surface area contributed by atoms with Crippen LogP contribution in [0.4, 0.5) is 22.2 Å². The molecule has 1 aromatic carbocycles. The van der Waals surface area contributed by atoms with Gasteiger partial charge >= 0.3 is 6.03 Å². The van der Waals surface area contributed by atoms with Crippen LogP contribution in [0.5, 0.6) is 0 Å². The van der Waals surface area contributed by atoms with Crippen LogP contribution in [0.1, 0.15) is 47.7 Å². The molecule has 4 aliphatic heterocycles. The third-order valence-corrected chi connectivity index (χ3v) is 8.15. The fourth-order valence-corrected chi connectivity index (χ4v) is 5.88. The second kappa shape index (κ2) is 10.7. The van der Waals surface area contributed by atoms with E-state index < -0.39 is 5.91 Å². The van der Waals surface area contributed by atoms with Crippen LogP contribution in [0.15, 0.2) is 24.3 Å². The van der Waals surface area contributed by atoms with E-state index in [1.807, 2.05) is 26.8 Å². The molecule has 4 fully saturated rings. The standard InChI is InChI=1S/C26H35N9O3/c27-23(36)22-24(29-19-5-3-17(4-6-19)18-7-9-28-10-8-18)30-25(32-31-22)33-11-1-2-20(14-33)34-12-13-35(26(34)37)21-15-38-16-21/h3-6,18,20-21,28H,1-2,7-16H2,(H2,27,36)(H,29,30,32). The number of anilines is 3. The van der Waals surface area contributed by atoms with Gasteiger partial charge in [-0.2, -0.15) is 4.98 Å². The zero-order valence-corrected chi connectivity index (χ0v) is 21.5. The Morgan fingerprint density at radius 2 is 1.74 bits per heavy atom. The summed E-state index contributed by atoms with van der Waals surface area (Å²) in [4.78, 5) is 35.8. The number of nitrogens with one attached hydrogen (secondary N) is 2. The number of amides is 3. The summed E-state index contributed by atoms with van der Waals surface area (Å²) in [5.41, 5.74) is 7.71. The molecule has 38 heavy (non-hydrogen) atoms. The zero-order valence-electron chi connectivity index (χ0n) is 21.5. The molecule has 0 aliphatic carbocycles. The van der Waals surface area contributed by atoms with Crippen molar-refractivity contribution in [1.82, 2.24) is 30.3 Å². The summed E-state index contributed by atoms with van der Waals surface area (Å²) in [6, 6.07) is 8.60. The lowest BCUT2D eigenvalue weighted by molar-refractivity contribution is -0.0444. The summed E-state index contributed by atoms with van der Waals surface area (Å²) >= 11 is 0. The quantitative estimate of drug-likeness (QED) is 0.491. The Bertz CT molecular complexity index is 1170. The Hall–Kier alpha value is -3.51. The van der Waals surface area contributed by atoms with Crippen LogP contribution in [0.2, 0.25) is 0 Å². The van der Waals surface area contributed by atoms with Gasteiger partial charge in [0.25, 0.3) is 5.91 Å². The molecule has 1 atom stereocenters. The summed E-state index contributed by atoms with van der Waals surface area (Å²) in [5, 5.41) is 15.0. The molecule has 4 aliphatic rings. The van der Waals surface area contributed by atoms with Gasteiger partial charge < -0.3 is 35.8 Å². The van der Waals surface area contributed by atoms with Crippen LogP contribution in [-0.4, -0.2) is 101 Å². The predicted octanol–water partition coefficient (Wildman–Crippen LogP) is 1.29. The molecule has 1 unspecified atom stereocenters. The molecule has 202 valence electrons. The zero-order chi connectivity index (χ0) is 26.1. The molecule has 0 saturated carbocycles.